The van der Waals surface area contributed by atoms with Crippen molar-refractivity contribution in [2.45, 2.75) is 6.23 Å². The standard InChI is InChI=1S/C11H15ClNO2P/c1-13(2)10(15-3)11(14)16(12)9-7-5-4-6-8-9/h4-8,10H,1-3H3. The fraction of sp³-hybridized carbons (Fsp3) is 0.364. The average Bonchev–Trinajstić information content (AvgIpc) is 2.29. The number of hydrogen-bond acceptors (Lipinski definition) is 3. The SMILES string of the molecule is COC(C(=O)P(Cl)c1ccccc1)N(C)C. The van der Waals surface area contributed by atoms with Crippen LogP contribution in [-0.2, 0) is 9.53 Å². The summed E-state index contributed by atoms with van der Waals surface area (Å²) in [7, 11) is 3.74. The van der Waals surface area contributed by atoms with Crippen molar-refractivity contribution in [2.75, 3.05) is 21.2 Å². The highest BCUT2D eigenvalue weighted by Gasteiger charge is 2.28. The number of nitrogens with zero attached hydrogens (tertiary/aromatic N) is 1. The van der Waals surface area contributed by atoms with Crippen LogP contribution in [-0.4, -0.2) is 37.9 Å². The van der Waals surface area contributed by atoms with E-state index in [0.29, 0.717) is 0 Å². The molecule has 16 heavy (non-hydrogen) atoms. The van der Waals surface area contributed by atoms with E-state index in [-0.39, 0.29) is 5.52 Å². The Kier molecular flexibility index (Phi) is 5.36. The molecule has 0 heterocycles. The maximum Gasteiger partial charge on any atom is 0.217 e. The molecule has 88 valence electrons. The summed E-state index contributed by atoms with van der Waals surface area (Å²) in [6.45, 7) is 0. The maximum absolute atomic E-state index is 12.0. The van der Waals surface area contributed by atoms with E-state index >= 15 is 0 Å². The largest absolute Gasteiger partial charge is 0.358 e. The van der Waals surface area contributed by atoms with Crippen LogP contribution in [0.2, 0.25) is 0 Å². The molecule has 0 spiro atoms. The molecule has 2 atom stereocenters. The molecule has 0 fully saturated rings. The molecule has 0 bridgehead atoms. The first-order chi connectivity index (χ1) is 7.57. The van der Waals surface area contributed by atoms with Crippen molar-refractivity contribution in [2.24, 2.45) is 0 Å². The molecule has 5 heteroatoms. The third-order valence-electron chi connectivity index (χ3n) is 2.08. The van der Waals surface area contributed by atoms with Gasteiger partial charge in [0, 0.05) is 7.11 Å². The molecule has 1 aromatic carbocycles. The van der Waals surface area contributed by atoms with Crippen LogP contribution in [0.5, 0.6) is 0 Å². The van der Waals surface area contributed by atoms with Gasteiger partial charge in [0.1, 0.15) is 0 Å². The van der Waals surface area contributed by atoms with Crippen LogP contribution in [0.4, 0.5) is 0 Å². The van der Waals surface area contributed by atoms with Gasteiger partial charge in [-0.15, -0.1) is 0 Å². The first-order valence-corrected chi connectivity index (χ1v) is 7.06. The zero-order valence-electron chi connectivity index (χ0n) is 9.55. The van der Waals surface area contributed by atoms with Gasteiger partial charge in [-0.3, -0.25) is 9.69 Å². The van der Waals surface area contributed by atoms with Crippen LogP contribution >= 0.6 is 18.5 Å². The molecule has 0 aliphatic rings. The van der Waals surface area contributed by atoms with Crippen molar-refractivity contribution in [3.8, 4) is 0 Å². The van der Waals surface area contributed by atoms with Crippen molar-refractivity contribution in [3.63, 3.8) is 0 Å². The van der Waals surface area contributed by atoms with Crippen LogP contribution in [0.3, 0.4) is 0 Å². The topological polar surface area (TPSA) is 29.5 Å². The highest BCUT2D eigenvalue weighted by atomic mass is 35.7. The number of carbonyl (C=O) groups excluding carboxylic acids is 1. The molecule has 0 amide bonds. The molecule has 0 saturated heterocycles. The fourth-order valence-corrected chi connectivity index (χ4v) is 3.12. The molecule has 0 radical (unpaired) electrons. The number of likely N-dealkylation sites (N-methyl/N-ethyl adjacent to an activating group) is 1. The lowest BCUT2D eigenvalue weighted by atomic mass is 10.4. The number of ether oxygens (including phenoxy) is 1. The Bertz CT molecular complexity index is 345. The van der Waals surface area contributed by atoms with Gasteiger partial charge in [-0.25, -0.2) is 0 Å². The van der Waals surface area contributed by atoms with Crippen molar-refractivity contribution in [1.29, 1.82) is 0 Å². The summed E-state index contributed by atoms with van der Waals surface area (Å²) in [4.78, 5) is 13.8. The molecule has 0 saturated carbocycles. The maximum atomic E-state index is 12.0. The van der Waals surface area contributed by atoms with E-state index in [9.17, 15) is 4.79 Å². The second-order valence-electron chi connectivity index (χ2n) is 3.51. The van der Waals surface area contributed by atoms with Gasteiger partial charge in [0.15, 0.2) is 6.23 Å². The Morgan fingerprint density at radius 1 is 1.38 bits per heavy atom. The molecule has 3 nitrogen and oxygen atoms in total. The smallest absolute Gasteiger partial charge is 0.217 e. The van der Waals surface area contributed by atoms with Crippen LogP contribution in [0.1, 0.15) is 0 Å². The molecular formula is C11H15ClNO2P. The van der Waals surface area contributed by atoms with Gasteiger partial charge >= 0.3 is 0 Å². The molecule has 0 aromatic heterocycles. The fourth-order valence-electron chi connectivity index (χ4n) is 1.32. The number of carbonyl (C=O) groups is 1. The predicted molar refractivity (Wildman–Crippen MR) is 68.3 cm³/mol. The molecule has 0 N–H and O–H groups in total. The number of rotatable bonds is 5. The van der Waals surface area contributed by atoms with Crippen molar-refractivity contribution in [3.05, 3.63) is 30.3 Å². The summed E-state index contributed by atoms with van der Waals surface area (Å²) in [6.07, 6.45) is -0.580. The monoisotopic (exact) mass is 259 g/mol. The Hall–Kier alpha value is -0.470. The van der Waals surface area contributed by atoms with E-state index in [4.69, 9.17) is 16.0 Å². The minimum absolute atomic E-state index is 0.0876. The van der Waals surface area contributed by atoms with E-state index in [0.717, 1.165) is 5.30 Å². The summed E-state index contributed by atoms with van der Waals surface area (Å²) >= 11 is 6.18. The molecule has 1 aromatic rings. The Morgan fingerprint density at radius 3 is 2.38 bits per heavy atom. The Balaban J connectivity index is 2.81. The number of hydrogen-bond donors (Lipinski definition) is 0. The summed E-state index contributed by atoms with van der Waals surface area (Å²) < 4.78 is 5.12. The first-order valence-electron chi connectivity index (χ1n) is 4.82. The van der Waals surface area contributed by atoms with Gasteiger partial charge < -0.3 is 4.74 Å². The highest BCUT2D eigenvalue weighted by molar-refractivity contribution is 8.02. The van der Waals surface area contributed by atoms with E-state index in [2.05, 4.69) is 0 Å². The minimum atomic E-state index is -1.35. The van der Waals surface area contributed by atoms with Crippen molar-refractivity contribution >= 4 is 29.3 Å². The predicted octanol–water partition coefficient (Wildman–Crippen LogP) is 2.01. The summed E-state index contributed by atoms with van der Waals surface area (Å²) in [6, 6.07) is 9.36. The average molecular weight is 260 g/mol. The van der Waals surface area contributed by atoms with Gasteiger partial charge in [-0.2, -0.15) is 0 Å². The van der Waals surface area contributed by atoms with Crippen molar-refractivity contribution < 1.29 is 9.53 Å². The van der Waals surface area contributed by atoms with E-state index < -0.39 is 13.5 Å². The van der Waals surface area contributed by atoms with E-state index in [1.807, 2.05) is 30.3 Å². The quantitative estimate of drug-likeness (QED) is 0.598. The van der Waals surface area contributed by atoms with Crippen LogP contribution in [0, 0.1) is 0 Å². The van der Waals surface area contributed by atoms with Gasteiger partial charge in [-0.05, 0) is 19.4 Å². The van der Waals surface area contributed by atoms with Gasteiger partial charge in [0.25, 0.3) is 0 Å². The Labute approximate surface area is 102 Å². The lowest BCUT2D eigenvalue weighted by Crippen LogP contribution is -2.36. The van der Waals surface area contributed by atoms with Crippen LogP contribution in [0.25, 0.3) is 0 Å². The second-order valence-corrected chi connectivity index (χ2v) is 6.04. The normalized spacial score (nSPS) is 14.8. The number of halogens is 1. The van der Waals surface area contributed by atoms with E-state index in [1.54, 1.807) is 19.0 Å². The summed E-state index contributed by atoms with van der Waals surface area (Å²) in [5, 5.41) is 0.855. The van der Waals surface area contributed by atoms with Gasteiger partial charge in [-0.1, -0.05) is 41.6 Å². The van der Waals surface area contributed by atoms with E-state index in [1.165, 1.54) is 7.11 Å². The highest BCUT2D eigenvalue weighted by Crippen LogP contribution is 2.42. The lowest BCUT2D eigenvalue weighted by Gasteiger charge is -2.23. The molecule has 0 aliphatic heterocycles. The molecular weight excluding hydrogens is 245 g/mol. The summed E-state index contributed by atoms with van der Waals surface area (Å²) in [5.74, 6) is 0. The molecule has 2 unspecified atom stereocenters. The second kappa shape index (κ2) is 6.31. The van der Waals surface area contributed by atoms with Crippen LogP contribution < -0.4 is 5.30 Å². The Morgan fingerprint density at radius 2 is 1.94 bits per heavy atom. The lowest BCUT2D eigenvalue weighted by molar-refractivity contribution is -0.128. The number of methoxy groups -OCH3 is 1. The third-order valence-corrected chi connectivity index (χ3v) is 4.52. The van der Waals surface area contributed by atoms with Crippen molar-refractivity contribution in [1.82, 2.24) is 4.90 Å². The minimum Gasteiger partial charge on any atom is -0.358 e. The molecule has 1 rings (SSSR count). The zero-order chi connectivity index (χ0) is 12.1. The number of benzene rings is 1. The van der Waals surface area contributed by atoms with Gasteiger partial charge in [0.05, 0.1) is 7.27 Å². The molecule has 0 aliphatic carbocycles. The first kappa shape index (κ1) is 13.6. The third kappa shape index (κ3) is 3.26. The van der Waals surface area contributed by atoms with Crippen LogP contribution in [0.15, 0.2) is 30.3 Å². The zero-order valence-corrected chi connectivity index (χ0v) is 11.2. The summed E-state index contributed by atoms with van der Waals surface area (Å²) in [5.41, 5.74) is -0.0876. The van der Waals surface area contributed by atoms with Gasteiger partial charge in [0.2, 0.25) is 5.52 Å².